The highest BCUT2D eigenvalue weighted by Gasteiger charge is 2.10. The topological polar surface area (TPSA) is 58.2 Å². The van der Waals surface area contributed by atoms with Gasteiger partial charge >= 0.3 is 0 Å². The van der Waals surface area contributed by atoms with Crippen LogP contribution in [0.3, 0.4) is 0 Å². The first kappa shape index (κ1) is 15.2. The normalized spacial score (nSPS) is 10.5. The van der Waals surface area contributed by atoms with Crippen molar-refractivity contribution in [2.45, 2.75) is 13.3 Å². The number of rotatable bonds is 4. The van der Waals surface area contributed by atoms with E-state index in [4.69, 9.17) is 0 Å². The molecule has 2 N–H and O–H groups in total. The maximum atomic E-state index is 12.4. The minimum atomic E-state index is -0.148. The Kier molecular flexibility index (Phi) is 4.39. The van der Waals surface area contributed by atoms with E-state index in [9.17, 15) is 9.59 Å². The minimum Gasteiger partial charge on any atom is -0.326 e. The van der Waals surface area contributed by atoms with Gasteiger partial charge in [-0.25, -0.2) is 0 Å². The first-order valence-corrected chi connectivity index (χ1v) is 8.17. The van der Waals surface area contributed by atoms with Crippen LogP contribution in [0.1, 0.15) is 23.0 Å². The van der Waals surface area contributed by atoms with Crippen molar-refractivity contribution in [1.29, 1.82) is 0 Å². The van der Waals surface area contributed by atoms with E-state index < -0.39 is 0 Å². The smallest absolute Gasteiger partial charge is 0.265 e. The lowest BCUT2D eigenvalue weighted by molar-refractivity contribution is -0.115. The lowest BCUT2D eigenvalue weighted by Gasteiger charge is -2.07. The lowest BCUT2D eigenvalue weighted by Crippen LogP contribution is -2.12. The molecule has 0 spiro atoms. The summed E-state index contributed by atoms with van der Waals surface area (Å²) in [6.07, 6.45) is 0.415. The molecular formula is C18H16N2O2S. The van der Waals surface area contributed by atoms with Crippen molar-refractivity contribution in [1.82, 2.24) is 0 Å². The third-order valence-electron chi connectivity index (χ3n) is 3.37. The second kappa shape index (κ2) is 6.62. The standard InChI is InChI=1S/C18H16N2O2S/c1-2-17(21)19-13-7-5-8-14(11-13)20-18(22)16-10-12-6-3-4-9-15(12)23-16/h3-11H,2H2,1H3,(H,19,21)(H,20,22). The fraction of sp³-hybridized carbons (Fsp3) is 0.111. The Bertz CT molecular complexity index is 837. The Labute approximate surface area is 138 Å². The van der Waals surface area contributed by atoms with E-state index in [0.717, 1.165) is 10.1 Å². The summed E-state index contributed by atoms with van der Waals surface area (Å²) in [7, 11) is 0. The van der Waals surface area contributed by atoms with E-state index in [-0.39, 0.29) is 11.8 Å². The molecular weight excluding hydrogens is 308 g/mol. The summed E-state index contributed by atoms with van der Waals surface area (Å²) in [5.74, 6) is -0.205. The minimum absolute atomic E-state index is 0.0574. The first-order chi connectivity index (χ1) is 11.2. The van der Waals surface area contributed by atoms with Crippen LogP contribution in [0.25, 0.3) is 10.1 Å². The molecule has 0 saturated heterocycles. The van der Waals surface area contributed by atoms with Crippen LogP contribution in [0.4, 0.5) is 11.4 Å². The molecule has 0 saturated carbocycles. The number of fused-ring (bicyclic) bond motifs is 1. The Balaban J connectivity index is 1.77. The Hall–Kier alpha value is -2.66. The summed E-state index contributed by atoms with van der Waals surface area (Å²) in [5.41, 5.74) is 1.33. The number of hydrogen-bond acceptors (Lipinski definition) is 3. The molecule has 5 heteroatoms. The summed E-state index contributed by atoms with van der Waals surface area (Å²) in [5, 5.41) is 6.71. The molecule has 1 aromatic heterocycles. The molecule has 0 bridgehead atoms. The van der Waals surface area contributed by atoms with E-state index in [1.165, 1.54) is 11.3 Å². The molecule has 2 amide bonds. The molecule has 0 aliphatic rings. The van der Waals surface area contributed by atoms with Crippen LogP contribution in [0.15, 0.2) is 54.6 Å². The highest BCUT2D eigenvalue weighted by atomic mass is 32.1. The van der Waals surface area contributed by atoms with Crippen LogP contribution in [0.2, 0.25) is 0 Å². The van der Waals surface area contributed by atoms with E-state index in [1.54, 1.807) is 31.2 Å². The van der Waals surface area contributed by atoms with Crippen LogP contribution in [0.5, 0.6) is 0 Å². The third kappa shape index (κ3) is 3.57. The van der Waals surface area contributed by atoms with Crippen LogP contribution in [-0.2, 0) is 4.79 Å². The van der Waals surface area contributed by atoms with Gasteiger partial charge in [-0.2, -0.15) is 0 Å². The van der Waals surface area contributed by atoms with Crippen LogP contribution < -0.4 is 10.6 Å². The molecule has 3 aromatic rings. The van der Waals surface area contributed by atoms with Gasteiger partial charge in [-0.3, -0.25) is 9.59 Å². The van der Waals surface area contributed by atoms with Gasteiger partial charge in [-0.15, -0.1) is 11.3 Å². The maximum Gasteiger partial charge on any atom is 0.265 e. The average molecular weight is 324 g/mol. The number of carbonyl (C=O) groups is 2. The van der Waals surface area contributed by atoms with Gasteiger partial charge in [0.25, 0.3) is 5.91 Å². The monoisotopic (exact) mass is 324 g/mol. The van der Waals surface area contributed by atoms with Gasteiger partial charge in [-0.05, 0) is 35.7 Å². The lowest BCUT2D eigenvalue weighted by atomic mass is 10.2. The van der Waals surface area contributed by atoms with Crippen molar-refractivity contribution in [2.24, 2.45) is 0 Å². The Morgan fingerprint density at radius 1 is 0.957 bits per heavy atom. The summed E-state index contributed by atoms with van der Waals surface area (Å²) in [4.78, 5) is 24.5. The highest BCUT2D eigenvalue weighted by Crippen LogP contribution is 2.26. The number of nitrogens with one attached hydrogen (secondary N) is 2. The highest BCUT2D eigenvalue weighted by molar-refractivity contribution is 7.20. The Morgan fingerprint density at radius 3 is 2.43 bits per heavy atom. The molecule has 0 atom stereocenters. The average Bonchev–Trinajstić information content (AvgIpc) is 2.99. The molecule has 1 heterocycles. The molecule has 4 nitrogen and oxygen atoms in total. The number of benzene rings is 2. The fourth-order valence-corrected chi connectivity index (χ4v) is 3.17. The van der Waals surface area contributed by atoms with E-state index in [2.05, 4.69) is 10.6 Å². The molecule has 0 radical (unpaired) electrons. The zero-order valence-electron chi connectivity index (χ0n) is 12.6. The van der Waals surface area contributed by atoms with E-state index in [1.807, 2.05) is 30.3 Å². The van der Waals surface area contributed by atoms with Crippen molar-refractivity contribution < 1.29 is 9.59 Å². The van der Waals surface area contributed by atoms with Gasteiger partial charge in [-0.1, -0.05) is 31.2 Å². The van der Waals surface area contributed by atoms with Crippen LogP contribution in [-0.4, -0.2) is 11.8 Å². The number of anilines is 2. The van der Waals surface area contributed by atoms with E-state index >= 15 is 0 Å². The molecule has 0 fully saturated rings. The molecule has 0 aliphatic heterocycles. The van der Waals surface area contributed by atoms with E-state index in [0.29, 0.717) is 22.7 Å². The van der Waals surface area contributed by atoms with Crippen molar-refractivity contribution in [3.63, 3.8) is 0 Å². The predicted molar refractivity (Wildman–Crippen MR) is 95.1 cm³/mol. The molecule has 2 aromatic carbocycles. The quantitative estimate of drug-likeness (QED) is 0.742. The van der Waals surface area contributed by atoms with Gasteiger partial charge in [0.15, 0.2) is 0 Å². The van der Waals surface area contributed by atoms with Crippen molar-refractivity contribution >= 4 is 44.6 Å². The van der Waals surface area contributed by atoms with Crippen molar-refractivity contribution in [2.75, 3.05) is 10.6 Å². The zero-order valence-corrected chi connectivity index (χ0v) is 13.4. The number of hydrogen-bond donors (Lipinski definition) is 2. The second-order valence-electron chi connectivity index (χ2n) is 5.09. The largest absolute Gasteiger partial charge is 0.326 e. The number of carbonyl (C=O) groups excluding carboxylic acids is 2. The summed E-state index contributed by atoms with van der Waals surface area (Å²) < 4.78 is 1.08. The first-order valence-electron chi connectivity index (χ1n) is 7.35. The summed E-state index contributed by atoms with van der Waals surface area (Å²) in [6, 6.07) is 16.9. The SMILES string of the molecule is CCC(=O)Nc1cccc(NC(=O)c2cc3ccccc3s2)c1. The predicted octanol–water partition coefficient (Wildman–Crippen LogP) is 4.50. The summed E-state index contributed by atoms with van der Waals surface area (Å²) in [6.45, 7) is 1.79. The molecule has 0 unspecified atom stereocenters. The molecule has 0 aliphatic carbocycles. The number of thiophene rings is 1. The van der Waals surface area contributed by atoms with Gasteiger partial charge in [0.05, 0.1) is 4.88 Å². The Morgan fingerprint density at radius 2 is 1.70 bits per heavy atom. The maximum absolute atomic E-state index is 12.4. The van der Waals surface area contributed by atoms with Gasteiger partial charge in [0, 0.05) is 22.5 Å². The third-order valence-corrected chi connectivity index (χ3v) is 4.49. The second-order valence-corrected chi connectivity index (χ2v) is 6.17. The van der Waals surface area contributed by atoms with Crippen molar-refractivity contribution in [3.05, 3.63) is 59.5 Å². The van der Waals surface area contributed by atoms with Crippen LogP contribution >= 0.6 is 11.3 Å². The van der Waals surface area contributed by atoms with Gasteiger partial charge < -0.3 is 10.6 Å². The zero-order chi connectivity index (χ0) is 16.2. The van der Waals surface area contributed by atoms with Crippen molar-refractivity contribution in [3.8, 4) is 0 Å². The molecule has 3 rings (SSSR count). The van der Waals surface area contributed by atoms with Crippen LogP contribution in [0, 0.1) is 0 Å². The molecule has 23 heavy (non-hydrogen) atoms. The fourth-order valence-electron chi connectivity index (χ4n) is 2.21. The van der Waals surface area contributed by atoms with Gasteiger partial charge in [0.2, 0.25) is 5.91 Å². The van der Waals surface area contributed by atoms with Gasteiger partial charge in [0.1, 0.15) is 0 Å². The molecule has 116 valence electrons. The summed E-state index contributed by atoms with van der Waals surface area (Å²) >= 11 is 1.46. The number of amides is 2.